The van der Waals surface area contributed by atoms with Gasteiger partial charge in [0.2, 0.25) is 0 Å². The third kappa shape index (κ3) is 18.5. The van der Waals surface area contributed by atoms with Gasteiger partial charge in [-0.2, -0.15) is 0 Å². The van der Waals surface area contributed by atoms with Gasteiger partial charge in [0.05, 0.1) is 0 Å². The number of rotatable bonds is 0. The van der Waals surface area contributed by atoms with Crippen LogP contribution >= 0.6 is 0 Å². The van der Waals surface area contributed by atoms with E-state index in [1.807, 2.05) is 72.9 Å². The molecule has 0 saturated carbocycles. The van der Waals surface area contributed by atoms with Crippen molar-refractivity contribution in [3.8, 4) is 0 Å². The molecule has 1 rings (SSSR count). The Balaban J connectivity index is 2.41. The topological polar surface area (TPSA) is 0 Å². The van der Waals surface area contributed by atoms with Crippen LogP contribution in [-0.4, -0.2) is 0 Å². The van der Waals surface area contributed by atoms with E-state index in [1.54, 1.807) is 0 Å². The zero-order valence-corrected chi connectivity index (χ0v) is 17.4. The predicted molar refractivity (Wildman–Crippen MR) is 127 cm³/mol. The third-order valence-corrected chi connectivity index (χ3v) is 4.35. The Labute approximate surface area is 173 Å². The first-order chi connectivity index (χ1) is 14.0. The summed E-state index contributed by atoms with van der Waals surface area (Å²) in [6, 6.07) is 0. The molecule has 0 aromatic carbocycles. The standard InChI is InChI=1S/C28H37/c1-2-4-6-8-10-12-14-16-18-20-22-24-26-28-27-25-23-21-19-17-15-13-11-9-7-5-3-1/h1-17H,18,20-28H2/b3-1+,4-2+,7-5-,8-6+,11-9-,12-10-,15-13-,16-14+,19-17?. The van der Waals surface area contributed by atoms with Gasteiger partial charge in [0.1, 0.15) is 0 Å². The van der Waals surface area contributed by atoms with Gasteiger partial charge in [0, 0.05) is 0 Å². The van der Waals surface area contributed by atoms with Crippen LogP contribution in [-0.2, 0) is 0 Å². The lowest BCUT2D eigenvalue weighted by molar-refractivity contribution is 0.570. The van der Waals surface area contributed by atoms with Gasteiger partial charge in [-0.25, -0.2) is 0 Å². The van der Waals surface area contributed by atoms with Gasteiger partial charge >= 0.3 is 0 Å². The van der Waals surface area contributed by atoms with Crippen LogP contribution in [0.5, 0.6) is 0 Å². The zero-order chi connectivity index (χ0) is 19.8. The molecule has 1 aliphatic rings. The first kappa shape index (κ1) is 23.7. The van der Waals surface area contributed by atoms with E-state index in [0.29, 0.717) is 0 Å². The van der Waals surface area contributed by atoms with E-state index in [9.17, 15) is 0 Å². The molecule has 0 saturated heterocycles. The van der Waals surface area contributed by atoms with E-state index < -0.39 is 0 Å². The van der Waals surface area contributed by atoms with Crippen LogP contribution in [0.2, 0.25) is 0 Å². The number of hydrogen-bond acceptors (Lipinski definition) is 0. The lowest BCUT2D eigenvalue weighted by Crippen LogP contribution is -1.81. The van der Waals surface area contributed by atoms with E-state index in [-0.39, 0.29) is 0 Å². The van der Waals surface area contributed by atoms with Gasteiger partial charge in [-0.3, -0.25) is 0 Å². The molecule has 0 amide bonds. The minimum Gasteiger partial charge on any atom is -0.0845 e. The summed E-state index contributed by atoms with van der Waals surface area (Å²) in [7, 11) is 0. The third-order valence-electron chi connectivity index (χ3n) is 4.35. The normalized spacial score (nSPS) is 29.1. The summed E-state index contributed by atoms with van der Waals surface area (Å²) < 4.78 is 0. The van der Waals surface area contributed by atoms with Crippen LogP contribution < -0.4 is 0 Å². The Morgan fingerprint density at radius 3 is 1.29 bits per heavy atom. The lowest BCUT2D eigenvalue weighted by Gasteiger charge is -2.00. The Morgan fingerprint density at radius 2 is 0.750 bits per heavy atom. The maximum absolute atomic E-state index is 3.36. The summed E-state index contributed by atoms with van der Waals surface area (Å²) in [5, 5.41) is 0. The molecule has 0 N–H and O–H groups in total. The van der Waals surface area contributed by atoms with Crippen LogP contribution in [0.3, 0.4) is 0 Å². The maximum atomic E-state index is 3.36. The van der Waals surface area contributed by atoms with Crippen molar-refractivity contribution in [2.24, 2.45) is 0 Å². The second kappa shape index (κ2) is 21.0. The fourth-order valence-electron chi connectivity index (χ4n) is 2.77. The highest BCUT2D eigenvalue weighted by molar-refractivity contribution is 5.21. The second-order valence-corrected chi connectivity index (χ2v) is 6.86. The fraction of sp³-hybridized carbons (Fsp3) is 0.357. The number of hydrogen-bond donors (Lipinski definition) is 0. The van der Waals surface area contributed by atoms with Crippen molar-refractivity contribution in [2.45, 2.75) is 64.2 Å². The quantitative estimate of drug-likeness (QED) is 0.398. The number of allylic oxidation sites excluding steroid dienone is 18. The first-order valence-electron chi connectivity index (χ1n) is 10.9. The molecule has 1 radical (unpaired) electrons. The summed E-state index contributed by atoms with van der Waals surface area (Å²) in [5.41, 5.74) is 0. The summed E-state index contributed by atoms with van der Waals surface area (Å²) in [4.78, 5) is 0. The van der Waals surface area contributed by atoms with Crippen molar-refractivity contribution in [3.63, 3.8) is 0 Å². The Hall–Kier alpha value is -2.34. The summed E-state index contributed by atoms with van der Waals surface area (Å²) in [6.45, 7) is 0. The molecule has 0 atom stereocenters. The first-order valence-corrected chi connectivity index (χ1v) is 10.9. The van der Waals surface area contributed by atoms with Gasteiger partial charge in [-0.15, -0.1) is 0 Å². The molecule has 0 heterocycles. The van der Waals surface area contributed by atoms with Crippen molar-refractivity contribution < 1.29 is 0 Å². The van der Waals surface area contributed by atoms with Crippen molar-refractivity contribution in [1.29, 1.82) is 0 Å². The van der Waals surface area contributed by atoms with Gasteiger partial charge in [-0.05, 0) is 31.8 Å². The molecular formula is C28H37. The molecule has 0 unspecified atom stereocenters. The molecule has 0 spiro atoms. The van der Waals surface area contributed by atoms with Gasteiger partial charge < -0.3 is 0 Å². The molecule has 0 heteroatoms. The summed E-state index contributed by atoms with van der Waals surface area (Å²) >= 11 is 0. The average Bonchev–Trinajstić information content (AvgIpc) is 2.71. The minimum absolute atomic E-state index is 1.07. The molecule has 0 aromatic heterocycles. The smallest absolute Gasteiger partial charge is 0.0276 e. The molecular weight excluding hydrogens is 336 g/mol. The minimum atomic E-state index is 1.07. The highest BCUT2D eigenvalue weighted by Crippen LogP contribution is 2.11. The SMILES string of the molecule is [C]1=C/C=C\C=C/C=C\C=C\C=C\C=C\C=C/C=C/CCCCCCCCCC/1. The summed E-state index contributed by atoms with van der Waals surface area (Å²) in [5.74, 6) is 0. The van der Waals surface area contributed by atoms with Crippen molar-refractivity contribution in [2.75, 3.05) is 0 Å². The maximum Gasteiger partial charge on any atom is -0.0276 e. The Kier molecular flexibility index (Phi) is 17.7. The van der Waals surface area contributed by atoms with Crippen molar-refractivity contribution >= 4 is 0 Å². The van der Waals surface area contributed by atoms with Crippen LogP contribution in [0.25, 0.3) is 0 Å². The molecule has 0 bridgehead atoms. The Bertz CT molecular complexity index is 546. The van der Waals surface area contributed by atoms with Gasteiger partial charge in [-0.1, -0.05) is 142 Å². The van der Waals surface area contributed by atoms with E-state index >= 15 is 0 Å². The molecule has 0 fully saturated rings. The van der Waals surface area contributed by atoms with Crippen LogP contribution in [0.15, 0.2) is 103 Å². The molecule has 28 heavy (non-hydrogen) atoms. The molecule has 0 aromatic rings. The molecule has 149 valence electrons. The Morgan fingerprint density at radius 1 is 0.357 bits per heavy atom. The highest BCUT2D eigenvalue weighted by atomic mass is 14.0. The van der Waals surface area contributed by atoms with Crippen LogP contribution in [0.1, 0.15) is 64.2 Å². The van der Waals surface area contributed by atoms with Crippen LogP contribution in [0.4, 0.5) is 0 Å². The second-order valence-electron chi connectivity index (χ2n) is 6.86. The van der Waals surface area contributed by atoms with E-state index in [4.69, 9.17) is 0 Å². The largest absolute Gasteiger partial charge is 0.0845 e. The average molecular weight is 374 g/mol. The van der Waals surface area contributed by atoms with Crippen molar-refractivity contribution in [1.82, 2.24) is 0 Å². The lowest BCUT2D eigenvalue weighted by atomic mass is 10.1. The summed E-state index contributed by atoms with van der Waals surface area (Å²) in [6.07, 6.45) is 51.5. The van der Waals surface area contributed by atoms with E-state index in [2.05, 4.69) is 36.5 Å². The van der Waals surface area contributed by atoms with E-state index in [1.165, 1.54) is 57.8 Å². The van der Waals surface area contributed by atoms with E-state index in [0.717, 1.165) is 6.42 Å². The molecule has 0 aliphatic heterocycles. The molecule has 0 nitrogen and oxygen atoms in total. The van der Waals surface area contributed by atoms with Gasteiger partial charge in [0.15, 0.2) is 0 Å². The fourth-order valence-corrected chi connectivity index (χ4v) is 2.77. The highest BCUT2D eigenvalue weighted by Gasteiger charge is 1.91. The van der Waals surface area contributed by atoms with Crippen LogP contribution in [0, 0.1) is 6.08 Å². The predicted octanol–water partition coefficient (Wildman–Crippen LogP) is 8.71. The zero-order valence-electron chi connectivity index (χ0n) is 17.4. The molecule has 1 aliphatic carbocycles. The monoisotopic (exact) mass is 373 g/mol. The van der Waals surface area contributed by atoms with Gasteiger partial charge in [0.25, 0.3) is 0 Å². The van der Waals surface area contributed by atoms with Crippen molar-refractivity contribution in [3.05, 3.63) is 109 Å².